The van der Waals surface area contributed by atoms with Crippen LogP contribution in [0.1, 0.15) is 37.5 Å². The second-order valence-corrected chi connectivity index (χ2v) is 11.0. The Kier molecular flexibility index (Phi) is 11.9. The molecule has 0 heterocycles. The Balaban J connectivity index is 1.86. The second-order valence-electron chi connectivity index (χ2n) is 10.1. The molecule has 7 nitrogen and oxygen atoms in total. The Morgan fingerprint density at radius 1 is 0.860 bits per heavy atom. The Morgan fingerprint density at radius 3 is 2.05 bits per heavy atom. The monoisotopic (exact) mass is 638 g/mol. The number of Topliss-reactive ketones (excluding diaryl/α,β-unsaturated/α-hetero) is 1. The summed E-state index contributed by atoms with van der Waals surface area (Å²) in [6, 6.07) is 16.7. The van der Waals surface area contributed by atoms with Gasteiger partial charge in [-0.05, 0) is 65.6 Å². The van der Waals surface area contributed by atoms with Crippen LogP contribution in [0.25, 0.3) is 0 Å². The molecule has 3 aromatic rings. The topological polar surface area (TPSA) is 93.7 Å². The van der Waals surface area contributed by atoms with Gasteiger partial charge in [0.15, 0.2) is 0 Å². The normalized spacial score (nSPS) is 13.5. The summed E-state index contributed by atoms with van der Waals surface area (Å²) in [7, 11) is 1.52. The van der Waals surface area contributed by atoms with Crippen LogP contribution in [-0.4, -0.2) is 43.0 Å². The molecule has 2 amide bonds. The van der Waals surface area contributed by atoms with Gasteiger partial charge in [0.1, 0.15) is 23.6 Å². The van der Waals surface area contributed by atoms with Crippen LogP contribution in [0.3, 0.4) is 0 Å². The zero-order valence-corrected chi connectivity index (χ0v) is 25.1. The number of methoxy groups -OCH3 is 1. The highest BCUT2D eigenvalue weighted by atomic mass is 35.5. The van der Waals surface area contributed by atoms with Crippen LogP contribution in [0.4, 0.5) is 13.2 Å². The fraction of sp³-hybridized carbons (Fsp3) is 0.323. The predicted octanol–water partition coefficient (Wildman–Crippen LogP) is 6.51. The molecule has 0 radical (unpaired) electrons. The van der Waals surface area contributed by atoms with Crippen LogP contribution >= 0.6 is 23.2 Å². The molecule has 3 rings (SSSR count). The van der Waals surface area contributed by atoms with Crippen LogP contribution in [0, 0.1) is 5.92 Å². The lowest BCUT2D eigenvalue weighted by Gasteiger charge is -2.26. The molecule has 0 aliphatic carbocycles. The average Bonchev–Trinajstić information content (AvgIpc) is 2.95. The van der Waals surface area contributed by atoms with Crippen molar-refractivity contribution in [3.63, 3.8) is 0 Å². The van der Waals surface area contributed by atoms with E-state index >= 15 is 0 Å². The summed E-state index contributed by atoms with van der Waals surface area (Å²) in [5.41, 5.74) is 1.15. The Labute approximate surface area is 257 Å². The SMILES string of the molecule is COc1ccc(O[C@@H](CC(=O)N[C@@H](Cc2ccc(Cl)cc2)C(=O)N[C@H](C(=O)C(F)(F)F)C(C)C)c2cccc(Cl)c2)cc1. The zero-order chi connectivity index (χ0) is 31.7. The largest absolute Gasteiger partial charge is 0.497 e. The van der Waals surface area contributed by atoms with Crippen molar-refractivity contribution in [2.75, 3.05) is 7.11 Å². The lowest BCUT2D eigenvalue weighted by molar-refractivity contribution is -0.175. The third kappa shape index (κ3) is 10.2. The minimum Gasteiger partial charge on any atom is -0.497 e. The number of rotatable bonds is 13. The zero-order valence-electron chi connectivity index (χ0n) is 23.6. The van der Waals surface area contributed by atoms with E-state index < -0.39 is 47.9 Å². The number of hydrogen-bond acceptors (Lipinski definition) is 5. The van der Waals surface area contributed by atoms with Crippen LogP contribution < -0.4 is 20.1 Å². The number of nitrogens with one attached hydrogen (secondary N) is 2. The van der Waals surface area contributed by atoms with E-state index in [1.165, 1.54) is 21.0 Å². The minimum atomic E-state index is -5.15. The molecule has 0 saturated carbocycles. The van der Waals surface area contributed by atoms with Gasteiger partial charge in [0.2, 0.25) is 11.8 Å². The van der Waals surface area contributed by atoms with E-state index in [9.17, 15) is 27.6 Å². The standard InChI is InChI=1S/C31H31Cl2F3N2O5/c1-18(2)28(29(40)31(34,35)36)38-30(41)25(15-19-7-9-21(32)10-8-19)37-27(39)17-26(20-5-4-6-22(33)16-20)43-24-13-11-23(42-3)12-14-24/h4-14,16,18,25-26,28H,15,17H2,1-3H3,(H,37,39)(H,38,41)/t25-,26-,28-/m0/s1. The van der Waals surface area contributed by atoms with Crippen molar-refractivity contribution in [3.8, 4) is 11.5 Å². The summed E-state index contributed by atoms with van der Waals surface area (Å²) in [5, 5.41) is 5.65. The lowest BCUT2D eigenvalue weighted by Crippen LogP contribution is -2.56. The Hall–Kier alpha value is -3.76. The van der Waals surface area contributed by atoms with Crippen molar-refractivity contribution in [3.05, 3.63) is 94.0 Å². The maximum atomic E-state index is 13.4. The number of amides is 2. The van der Waals surface area contributed by atoms with Gasteiger partial charge in [0.05, 0.1) is 19.6 Å². The Bertz CT molecular complexity index is 1400. The van der Waals surface area contributed by atoms with Gasteiger partial charge < -0.3 is 20.1 Å². The molecule has 2 N–H and O–H groups in total. The molecule has 3 aromatic carbocycles. The van der Waals surface area contributed by atoms with Gasteiger partial charge in [-0.25, -0.2) is 0 Å². The summed E-state index contributed by atoms with van der Waals surface area (Å²) in [5.74, 6) is -3.49. The van der Waals surface area contributed by atoms with Gasteiger partial charge in [0.25, 0.3) is 5.78 Å². The number of alkyl halides is 3. The van der Waals surface area contributed by atoms with Crippen LogP contribution in [0.2, 0.25) is 10.0 Å². The number of carbonyl (C=O) groups excluding carboxylic acids is 3. The molecule has 3 atom stereocenters. The number of hydrogen-bond donors (Lipinski definition) is 2. The molecule has 0 saturated heterocycles. The summed E-state index contributed by atoms with van der Waals surface area (Å²) in [4.78, 5) is 38.7. The van der Waals surface area contributed by atoms with E-state index in [4.69, 9.17) is 32.7 Å². The third-order valence-electron chi connectivity index (χ3n) is 6.46. The maximum absolute atomic E-state index is 13.4. The molecular formula is C31H31Cl2F3N2O5. The molecule has 0 aromatic heterocycles. The molecule has 43 heavy (non-hydrogen) atoms. The summed E-state index contributed by atoms with van der Waals surface area (Å²) in [6.07, 6.45) is -6.35. The summed E-state index contributed by atoms with van der Waals surface area (Å²) in [6.45, 7) is 2.76. The molecule has 230 valence electrons. The minimum absolute atomic E-state index is 0.0824. The molecule has 0 spiro atoms. The second kappa shape index (κ2) is 15.1. The molecule has 0 unspecified atom stereocenters. The number of benzene rings is 3. The van der Waals surface area contributed by atoms with Crippen LogP contribution in [0.5, 0.6) is 11.5 Å². The van der Waals surface area contributed by atoms with E-state index in [2.05, 4.69) is 10.6 Å². The van der Waals surface area contributed by atoms with Gasteiger partial charge in [-0.3, -0.25) is 14.4 Å². The third-order valence-corrected chi connectivity index (χ3v) is 6.95. The summed E-state index contributed by atoms with van der Waals surface area (Å²) < 4.78 is 51.0. The van der Waals surface area contributed by atoms with Crippen LogP contribution in [0.15, 0.2) is 72.8 Å². The van der Waals surface area contributed by atoms with Crippen molar-refractivity contribution in [2.24, 2.45) is 5.92 Å². The number of ether oxygens (including phenoxy) is 2. The highest BCUT2D eigenvalue weighted by molar-refractivity contribution is 6.30. The van der Waals surface area contributed by atoms with E-state index in [1.807, 2.05) is 0 Å². The van der Waals surface area contributed by atoms with E-state index in [0.29, 0.717) is 32.7 Å². The highest BCUT2D eigenvalue weighted by Crippen LogP contribution is 2.28. The first-order valence-corrected chi connectivity index (χ1v) is 14.0. The first-order valence-electron chi connectivity index (χ1n) is 13.3. The average molecular weight is 639 g/mol. The number of halogens is 5. The lowest BCUT2D eigenvalue weighted by atomic mass is 9.97. The molecule has 0 bridgehead atoms. The van der Waals surface area contributed by atoms with Crippen molar-refractivity contribution >= 4 is 40.8 Å². The molecule has 0 aliphatic heterocycles. The van der Waals surface area contributed by atoms with E-state index in [-0.39, 0.29) is 12.8 Å². The van der Waals surface area contributed by atoms with Crippen molar-refractivity contribution < 1.29 is 37.0 Å². The number of carbonyl (C=O) groups is 3. The highest BCUT2D eigenvalue weighted by Gasteiger charge is 2.45. The van der Waals surface area contributed by atoms with Crippen molar-refractivity contribution in [1.29, 1.82) is 0 Å². The quantitative estimate of drug-likeness (QED) is 0.223. The van der Waals surface area contributed by atoms with Gasteiger partial charge in [-0.15, -0.1) is 0 Å². The van der Waals surface area contributed by atoms with Gasteiger partial charge in [-0.1, -0.05) is 61.3 Å². The smallest absolute Gasteiger partial charge is 0.452 e. The van der Waals surface area contributed by atoms with Gasteiger partial charge >= 0.3 is 6.18 Å². The van der Waals surface area contributed by atoms with E-state index in [1.54, 1.807) is 72.8 Å². The fourth-order valence-corrected chi connectivity index (χ4v) is 4.53. The molecular weight excluding hydrogens is 608 g/mol. The van der Waals surface area contributed by atoms with Crippen LogP contribution in [-0.2, 0) is 20.8 Å². The molecule has 0 fully saturated rings. The number of ketones is 1. The predicted molar refractivity (Wildman–Crippen MR) is 157 cm³/mol. The van der Waals surface area contributed by atoms with Gasteiger partial charge in [-0.2, -0.15) is 13.2 Å². The van der Waals surface area contributed by atoms with Gasteiger partial charge in [0, 0.05) is 16.5 Å². The van der Waals surface area contributed by atoms with Crippen molar-refractivity contribution in [1.82, 2.24) is 10.6 Å². The maximum Gasteiger partial charge on any atom is 0.452 e. The first kappa shape index (κ1) is 33.7. The van der Waals surface area contributed by atoms with E-state index in [0.717, 1.165) is 0 Å². The fourth-order valence-electron chi connectivity index (χ4n) is 4.21. The first-order chi connectivity index (χ1) is 20.3. The molecule has 0 aliphatic rings. The summed E-state index contributed by atoms with van der Waals surface area (Å²) >= 11 is 12.1. The Morgan fingerprint density at radius 2 is 1.49 bits per heavy atom. The molecule has 12 heteroatoms. The van der Waals surface area contributed by atoms with Crippen molar-refractivity contribution in [2.45, 2.75) is 51.1 Å².